The van der Waals surface area contributed by atoms with Gasteiger partial charge in [-0.1, -0.05) is 0 Å². The van der Waals surface area contributed by atoms with Gasteiger partial charge in [0.25, 0.3) is 0 Å². The zero-order chi connectivity index (χ0) is 15.2. The van der Waals surface area contributed by atoms with Crippen LogP contribution < -0.4 is 10.5 Å². The van der Waals surface area contributed by atoms with E-state index in [2.05, 4.69) is 0 Å². The van der Waals surface area contributed by atoms with Gasteiger partial charge in [-0.15, -0.1) is 11.8 Å². The number of hydrogen-bond donors (Lipinski definition) is 1. The van der Waals surface area contributed by atoms with Crippen molar-refractivity contribution in [3.05, 3.63) is 24.3 Å². The molecule has 0 atom stereocenters. The standard InChI is InChI=1S/C15H20N2O3S/c1-20-12-2-4-13(5-3-12)21-10-14(18)17-8-6-11(7-9-17)15(16)19/h2-5,11H,6-10H2,1H3,(H2,16,19). The van der Waals surface area contributed by atoms with E-state index in [1.54, 1.807) is 7.11 Å². The summed E-state index contributed by atoms with van der Waals surface area (Å²) in [5.74, 6) is 0.990. The van der Waals surface area contributed by atoms with Gasteiger partial charge in [0, 0.05) is 23.9 Å². The van der Waals surface area contributed by atoms with Crippen LogP contribution >= 0.6 is 11.8 Å². The fraction of sp³-hybridized carbons (Fsp3) is 0.467. The van der Waals surface area contributed by atoms with Crippen LogP contribution in [0.3, 0.4) is 0 Å². The highest BCUT2D eigenvalue weighted by atomic mass is 32.2. The summed E-state index contributed by atoms with van der Waals surface area (Å²) in [5.41, 5.74) is 5.29. The number of rotatable bonds is 5. The van der Waals surface area contributed by atoms with Crippen molar-refractivity contribution < 1.29 is 14.3 Å². The molecule has 0 saturated carbocycles. The Labute approximate surface area is 128 Å². The third kappa shape index (κ3) is 4.39. The van der Waals surface area contributed by atoms with Crippen LogP contribution in [0.15, 0.2) is 29.2 Å². The van der Waals surface area contributed by atoms with Gasteiger partial charge in [0.05, 0.1) is 12.9 Å². The maximum atomic E-state index is 12.1. The number of primary amides is 1. The van der Waals surface area contributed by atoms with E-state index in [-0.39, 0.29) is 17.7 Å². The Morgan fingerprint density at radius 1 is 1.29 bits per heavy atom. The van der Waals surface area contributed by atoms with Crippen molar-refractivity contribution in [3.63, 3.8) is 0 Å². The Kier molecular flexibility index (Phi) is 5.50. The second kappa shape index (κ2) is 7.36. The summed E-state index contributed by atoms with van der Waals surface area (Å²) in [7, 11) is 1.63. The van der Waals surface area contributed by atoms with E-state index >= 15 is 0 Å². The zero-order valence-corrected chi connectivity index (χ0v) is 12.9. The van der Waals surface area contributed by atoms with Crippen LogP contribution in [0.1, 0.15) is 12.8 Å². The molecule has 1 aromatic rings. The molecular weight excluding hydrogens is 288 g/mol. The van der Waals surface area contributed by atoms with Gasteiger partial charge in [-0.3, -0.25) is 9.59 Å². The molecule has 21 heavy (non-hydrogen) atoms. The molecule has 2 rings (SSSR count). The number of carbonyl (C=O) groups is 2. The predicted molar refractivity (Wildman–Crippen MR) is 82.2 cm³/mol. The molecule has 0 radical (unpaired) electrons. The number of amides is 2. The Bertz CT molecular complexity index is 496. The number of hydrogen-bond acceptors (Lipinski definition) is 4. The molecule has 0 spiro atoms. The van der Waals surface area contributed by atoms with Gasteiger partial charge < -0.3 is 15.4 Å². The van der Waals surface area contributed by atoms with E-state index in [0.29, 0.717) is 31.7 Å². The first-order valence-electron chi connectivity index (χ1n) is 6.94. The van der Waals surface area contributed by atoms with Crippen molar-refractivity contribution >= 4 is 23.6 Å². The minimum atomic E-state index is -0.255. The quantitative estimate of drug-likeness (QED) is 0.837. The van der Waals surface area contributed by atoms with Crippen LogP contribution in [0.5, 0.6) is 5.75 Å². The summed E-state index contributed by atoms with van der Waals surface area (Å²) in [6.45, 7) is 1.24. The van der Waals surface area contributed by atoms with Crippen LogP contribution in [0.4, 0.5) is 0 Å². The fourth-order valence-corrected chi connectivity index (χ4v) is 3.12. The van der Waals surface area contributed by atoms with E-state index in [0.717, 1.165) is 10.6 Å². The molecule has 2 amide bonds. The van der Waals surface area contributed by atoms with Crippen LogP contribution in [-0.2, 0) is 9.59 Å². The maximum absolute atomic E-state index is 12.1. The Hall–Kier alpha value is -1.69. The van der Waals surface area contributed by atoms with Crippen LogP contribution in [0.25, 0.3) is 0 Å². The minimum Gasteiger partial charge on any atom is -0.497 e. The maximum Gasteiger partial charge on any atom is 0.232 e. The molecule has 1 aliphatic heterocycles. The van der Waals surface area contributed by atoms with Crippen LogP contribution in [0, 0.1) is 5.92 Å². The lowest BCUT2D eigenvalue weighted by Crippen LogP contribution is -2.42. The highest BCUT2D eigenvalue weighted by Crippen LogP contribution is 2.23. The van der Waals surface area contributed by atoms with Gasteiger partial charge in [0.15, 0.2) is 0 Å². The number of nitrogens with zero attached hydrogens (tertiary/aromatic N) is 1. The van der Waals surface area contributed by atoms with Gasteiger partial charge in [-0.2, -0.15) is 0 Å². The molecule has 0 unspecified atom stereocenters. The molecule has 0 bridgehead atoms. The summed E-state index contributed by atoms with van der Waals surface area (Å²) >= 11 is 1.51. The van der Waals surface area contributed by atoms with E-state index < -0.39 is 0 Å². The molecule has 114 valence electrons. The highest BCUT2D eigenvalue weighted by molar-refractivity contribution is 8.00. The predicted octanol–water partition coefficient (Wildman–Crippen LogP) is 1.51. The number of ether oxygens (including phenoxy) is 1. The Morgan fingerprint density at radius 3 is 2.43 bits per heavy atom. The van der Waals surface area contributed by atoms with E-state index in [9.17, 15) is 9.59 Å². The molecule has 0 aromatic heterocycles. The van der Waals surface area contributed by atoms with E-state index in [1.165, 1.54) is 11.8 Å². The van der Waals surface area contributed by atoms with E-state index in [4.69, 9.17) is 10.5 Å². The average molecular weight is 308 g/mol. The van der Waals surface area contributed by atoms with Gasteiger partial charge in [-0.05, 0) is 37.1 Å². The third-order valence-corrected chi connectivity index (χ3v) is 4.67. The van der Waals surface area contributed by atoms with Crippen LogP contribution in [0.2, 0.25) is 0 Å². The number of carbonyl (C=O) groups excluding carboxylic acids is 2. The van der Waals surface area contributed by atoms with Crippen molar-refractivity contribution in [1.29, 1.82) is 0 Å². The van der Waals surface area contributed by atoms with Crippen LogP contribution in [-0.4, -0.2) is 42.7 Å². The summed E-state index contributed by atoms with van der Waals surface area (Å²) in [4.78, 5) is 26.1. The van der Waals surface area contributed by atoms with Crippen molar-refractivity contribution in [2.45, 2.75) is 17.7 Å². The Morgan fingerprint density at radius 2 is 1.90 bits per heavy atom. The molecular formula is C15H20N2O3S. The highest BCUT2D eigenvalue weighted by Gasteiger charge is 2.25. The summed E-state index contributed by atoms with van der Waals surface area (Å²) in [6.07, 6.45) is 1.35. The first kappa shape index (κ1) is 15.7. The number of thioether (sulfide) groups is 1. The molecule has 2 N–H and O–H groups in total. The fourth-order valence-electron chi connectivity index (χ4n) is 2.32. The summed E-state index contributed by atoms with van der Waals surface area (Å²) < 4.78 is 5.10. The molecule has 1 heterocycles. The monoisotopic (exact) mass is 308 g/mol. The van der Waals surface area contributed by atoms with Gasteiger partial charge in [0.2, 0.25) is 11.8 Å². The second-order valence-electron chi connectivity index (χ2n) is 5.02. The van der Waals surface area contributed by atoms with Crippen molar-refractivity contribution in [2.24, 2.45) is 11.7 Å². The van der Waals surface area contributed by atoms with E-state index in [1.807, 2.05) is 29.2 Å². The van der Waals surface area contributed by atoms with Gasteiger partial charge in [-0.25, -0.2) is 0 Å². The smallest absolute Gasteiger partial charge is 0.232 e. The molecule has 1 aromatic carbocycles. The number of benzene rings is 1. The van der Waals surface area contributed by atoms with Gasteiger partial charge in [0.1, 0.15) is 5.75 Å². The average Bonchev–Trinajstić information content (AvgIpc) is 2.53. The number of nitrogens with two attached hydrogens (primary N) is 1. The molecule has 1 fully saturated rings. The van der Waals surface area contributed by atoms with Gasteiger partial charge >= 0.3 is 0 Å². The third-order valence-electron chi connectivity index (χ3n) is 3.67. The molecule has 0 aliphatic carbocycles. The molecule has 5 nitrogen and oxygen atoms in total. The normalized spacial score (nSPS) is 15.8. The number of piperidine rings is 1. The largest absolute Gasteiger partial charge is 0.497 e. The lowest BCUT2D eigenvalue weighted by Gasteiger charge is -2.30. The lowest BCUT2D eigenvalue weighted by atomic mass is 9.96. The second-order valence-corrected chi connectivity index (χ2v) is 6.07. The topological polar surface area (TPSA) is 72.6 Å². The summed E-state index contributed by atoms with van der Waals surface area (Å²) in [5, 5.41) is 0. The first-order chi connectivity index (χ1) is 10.1. The molecule has 1 saturated heterocycles. The molecule has 1 aliphatic rings. The lowest BCUT2D eigenvalue weighted by molar-refractivity contribution is -0.132. The number of likely N-dealkylation sites (tertiary alicyclic amines) is 1. The zero-order valence-electron chi connectivity index (χ0n) is 12.1. The minimum absolute atomic E-state index is 0.0803. The van der Waals surface area contributed by atoms with Crippen molar-refractivity contribution in [1.82, 2.24) is 4.90 Å². The number of methoxy groups -OCH3 is 1. The summed E-state index contributed by atoms with van der Waals surface area (Å²) in [6, 6.07) is 7.64. The van der Waals surface area contributed by atoms with Crippen molar-refractivity contribution in [3.8, 4) is 5.75 Å². The van der Waals surface area contributed by atoms with Crippen molar-refractivity contribution in [2.75, 3.05) is 26.0 Å². The Balaban J connectivity index is 1.78. The SMILES string of the molecule is COc1ccc(SCC(=O)N2CCC(C(N)=O)CC2)cc1. The molecule has 6 heteroatoms. The first-order valence-corrected chi connectivity index (χ1v) is 7.92.